The van der Waals surface area contributed by atoms with Gasteiger partial charge in [0.25, 0.3) is 0 Å². The van der Waals surface area contributed by atoms with Gasteiger partial charge in [-0.25, -0.2) is 0 Å². The summed E-state index contributed by atoms with van der Waals surface area (Å²) in [5, 5.41) is 0. The normalized spacial score (nSPS) is 19.9. The summed E-state index contributed by atoms with van der Waals surface area (Å²) in [6.07, 6.45) is 5.48. The van der Waals surface area contributed by atoms with E-state index >= 15 is 0 Å². The molecule has 0 aromatic carbocycles. The number of hydrogen-bond acceptors (Lipinski definition) is 3. The summed E-state index contributed by atoms with van der Waals surface area (Å²) in [5.74, 6) is 0.115. The van der Waals surface area contributed by atoms with Crippen LogP contribution in [-0.4, -0.2) is 25.3 Å². The first-order valence-corrected chi connectivity index (χ1v) is 6.02. The Labute approximate surface area is 92.1 Å². The maximum atomic E-state index is 11.7. The zero-order chi connectivity index (χ0) is 11.1. The summed E-state index contributed by atoms with van der Waals surface area (Å²) in [6, 6.07) is 0. The third-order valence-corrected chi connectivity index (χ3v) is 2.81. The second-order valence-electron chi connectivity index (χ2n) is 4.24. The Kier molecular flexibility index (Phi) is 5.69. The first-order chi connectivity index (χ1) is 7.24. The largest absolute Gasteiger partial charge is 0.460 e. The molecule has 1 unspecified atom stereocenters. The lowest BCUT2D eigenvalue weighted by atomic mass is 9.89. The molecule has 0 aromatic rings. The topological polar surface area (TPSA) is 35.5 Å². The minimum Gasteiger partial charge on any atom is -0.460 e. The highest BCUT2D eigenvalue weighted by Crippen LogP contribution is 2.24. The summed E-state index contributed by atoms with van der Waals surface area (Å²) in [4.78, 5) is 11.7. The molecular weight excluding hydrogens is 192 g/mol. The van der Waals surface area contributed by atoms with Crippen LogP contribution in [0, 0.1) is 5.92 Å². The van der Waals surface area contributed by atoms with Crippen LogP contribution in [0.3, 0.4) is 0 Å². The van der Waals surface area contributed by atoms with Crippen molar-refractivity contribution in [1.82, 2.24) is 0 Å². The molecule has 88 valence electrons. The van der Waals surface area contributed by atoms with Gasteiger partial charge in [-0.15, -0.1) is 0 Å². The second kappa shape index (κ2) is 6.83. The maximum Gasteiger partial charge on any atom is 0.309 e. The molecule has 3 heteroatoms. The molecule has 15 heavy (non-hydrogen) atoms. The van der Waals surface area contributed by atoms with Gasteiger partial charge in [0, 0.05) is 6.61 Å². The van der Waals surface area contributed by atoms with Crippen LogP contribution in [0.5, 0.6) is 0 Å². The first kappa shape index (κ1) is 12.5. The SMILES string of the molecule is CCOCC(C)OC(=O)C1CCCCC1. The smallest absolute Gasteiger partial charge is 0.309 e. The standard InChI is InChI=1S/C12H22O3/c1-3-14-9-10(2)15-12(13)11-7-5-4-6-8-11/h10-11H,3-9H2,1-2H3. The fraction of sp³-hybridized carbons (Fsp3) is 0.917. The van der Waals surface area contributed by atoms with Crippen LogP contribution in [0.4, 0.5) is 0 Å². The minimum atomic E-state index is -0.112. The van der Waals surface area contributed by atoms with E-state index in [9.17, 15) is 4.79 Å². The van der Waals surface area contributed by atoms with Crippen molar-refractivity contribution in [3.63, 3.8) is 0 Å². The van der Waals surface area contributed by atoms with E-state index in [0.717, 1.165) is 12.8 Å². The molecule has 0 spiro atoms. The molecule has 0 aliphatic heterocycles. The van der Waals surface area contributed by atoms with Gasteiger partial charge < -0.3 is 9.47 Å². The fourth-order valence-electron chi connectivity index (χ4n) is 1.95. The Balaban J connectivity index is 2.21. The lowest BCUT2D eigenvalue weighted by Gasteiger charge is -2.22. The molecule has 0 N–H and O–H groups in total. The molecule has 1 saturated carbocycles. The highest BCUT2D eigenvalue weighted by atomic mass is 16.6. The quantitative estimate of drug-likeness (QED) is 0.660. The number of hydrogen-bond donors (Lipinski definition) is 0. The zero-order valence-corrected chi connectivity index (χ0v) is 9.83. The van der Waals surface area contributed by atoms with Crippen molar-refractivity contribution in [2.45, 2.75) is 52.1 Å². The molecule has 0 amide bonds. The van der Waals surface area contributed by atoms with Crippen molar-refractivity contribution in [1.29, 1.82) is 0 Å². The number of rotatable bonds is 5. The molecule has 0 aromatic heterocycles. The molecule has 0 saturated heterocycles. The first-order valence-electron chi connectivity index (χ1n) is 6.02. The molecule has 1 rings (SSSR count). The van der Waals surface area contributed by atoms with Crippen molar-refractivity contribution in [3.05, 3.63) is 0 Å². The van der Waals surface area contributed by atoms with E-state index in [0.29, 0.717) is 13.2 Å². The Morgan fingerprint density at radius 1 is 1.33 bits per heavy atom. The van der Waals surface area contributed by atoms with Gasteiger partial charge in [-0.05, 0) is 26.7 Å². The van der Waals surface area contributed by atoms with Gasteiger partial charge in [0.05, 0.1) is 12.5 Å². The highest BCUT2D eigenvalue weighted by molar-refractivity contribution is 5.72. The summed E-state index contributed by atoms with van der Waals surface area (Å²) < 4.78 is 10.5. The molecular formula is C12H22O3. The van der Waals surface area contributed by atoms with Gasteiger partial charge in [-0.2, -0.15) is 0 Å². The van der Waals surface area contributed by atoms with Crippen molar-refractivity contribution in [3.8, 4) is 0 Å². The van der Waals surface area contributed by atoms with Crippen molar-refractivity contribution in [2.75, 3.05) is 13.2 Å². The van der Waals surface area contributed by atoms with E-state index in [1.165, 1.54) is 19.3 Å². The van der Waals surface area contributed by atoms with E-state index in [-0.39, 0.29) is 18.0 Å². The summed E-state index contributed by atoms with van der Waals surface area (Å²) >= 11 is 0. The molecule has 0 heterocycles. The van der Waals surface area contributed by atoms with Crippen LogP contribution in [0.2, 0.25) is 0 Å². The molecule has 1 aliphatic carbocycles. The molecule has 3 nitrogen and oxygen atoms in total. The Morgan fingerprint density at radius 2 is 2.00 bits per heavy atom. The number of ether oxygens (including phenoxy) is 2. The van der Waals surface area contributed by atoms with Crippen LogP contribution in [0.15, 0.2) is 0 Å². The van der Waals surface area contributed by atoms with Gasteiger partial charge in [-0.1, -0.05) is 19.3 Å². The Morgan fingerprint density at radius 3 is 2.60 bits per heavy atom. The molecule has 0 radical (unpaired) electrons. The lowest BCUT2D eigenvalue weighted by Crippen LogP contribution is -2.26. The third-order valence-electron chi connectivity index (χ3n) is 2.81. The number of esters is 1. The Bertz CT molecular complexity index is 185. The average Bonchev–Trinajstić information content (AvgIpc) is 2.27. The highest BCUT2D eigenvalue weighted by Gasteiger charge is 2.23. The van der Waals surface area contributed by atoms with E-state index < -0.39 is 0 Å². The maximum absolute atomic E-state index is 11.7. The minimum absolute atomic E-state index is 0.0260. The van der Waals surface area contributed by atoms with Gasteiger partial charge in [0.2, 0.25) is 0 Å². The second-order valence-corrected chi connectivity index (χ2v) is 4.24. The molecule has 1 fully saturated rings. The van der Waals surface area contributed by atoms with Crippen molar-refractivity contribution >= 4 is 5.97 Å². The van der Waals surface area contributed by atoms with E-state index in [1.54, 1.807) is 0 Å². The van der Waals surface area contributed by atoms with E-state index in [2.05, 4.69) is 0 Å². The van der Waals surface area contributed by atoms with Crippen molar-refractivity contribution in [2.24, 2.45) is 5.92 Å². The van der Waals surface area contributed by atoms with Crippen LogP contribution < -0.4 is 0 Å². The predicted octanol–water partition coefficient (Wildman–Crippen LogP) is 2.53. The summed E-state index contributed by atoms with van der Waals surface area (Å²) in [6.45, 7) is 5.01. The van der Waals surface area contributed by atoms with E-state index in [4.69, 9.17) is 9.47 Å². The van der Waals surface area contributed by atoms with Crippen LogP contribution in [0.25, 0.3) is 0 Å². The van der Waals surface area contributed by atoms with Gasteiger partial charge >= 0.3 is 5.97 Å². The Hall–Kier alpha value is -0.570. The van der Waals surface area contributed by atoms with Gasteiger partial charge in [0.1, 0.15) is 6.10 Å². The van der Waals surface area contributed by atoms with Gasteiger partial charge in [0.15, 0.2) is 0 Å². The lowest BCUT2D eigenvalue weighted by molar-refractivity contribution is -0.157. The number of carbonyl (C=O) groups is 1. The fourth-order valence-corrected chi connectivity index (χ4v) is 1.95. The molecule has 1 atom stereocenters. The average molecular weight is 214 g/mol. The number of carbonyl (C=O) groups excluding carboxylic acids is 1. The summed E-state index contributed by atoms with van der Waals surface area (Å²) in [5.41, 5.74) is 0. The molecule has 0 bridgehead atoms. The van der Waals surface area contributed by atoms with Crippen molar-refractivity contribution < 1.29 is 14.3 Å². The van der Waals surface area contributed by atoms with Gasteiger partial charge in [-0.3, -0.25) is 4.79 Å². The third kappa shape index (κ3) is 4.65. The van der Waals surface area contributed by atoms with E-state index in [1.807, 2.05) is 13.8 Å². The molecule has 1 aliphatic rings. The van der Waals surface area contributed by atoms with Crippen LogP contribution >= 0.6 is 0 Å². The monoisotopic (exact) mass is 214 g/mol. The van der Waals surface area contributed by atoms with Crippen LogP contribution in [0.1, 0.15) is 46.0 Å². The van der Waals surface area contributed by atoms with Crippen LogP contribution in [-0.2, 0) is 14.3 Å². The zero-order valence-electron chi connectivity index (χ0n) is 9.83. The summed E-state index contributed by atoms with van der Waals surface area (Å²) in [7, 11) is 0. The predicted molar refractivity (Wildman–Crippen MR) is 58.6 cm³/mol.